The maximum absolute atomic E-state index is 12.2. The molecule has 0 N–H and O–H groups in total. The highest BCUT2D eigenvalue weighted by molar-refractivity contribution is 5.96. The van der Waals surface area contributed by atoms with E-state index in [1.54, 1.807) is 0 Å². The number of hydrogen-bond donors (Lipinski definition) is 0. The third-order valence-corrected chi connectivity index (χ3v) is 4.39. The molecule has 1 unspecified atom stereocenters. The fourth-order valence-electron chi connectivity index (χ4n) is 3.22. The van der Waals surface area contributed by atoms with Crippen LogP contribution in [0.5, 0.6) is 0 Å². The molecule has 0 radical (unpaired) electrons. The van der Waals surface area contributed by atoms with E-state index in [9.17, 15) is 4.79 Å². The van der Waals surface area contributed by atoms with Crippen LogP contribution in [0.25, 0.3) is 0 Å². The summed E-state index contributed by atoms with van der Waals surface area (Å²) in [6, 6.07) is 6.27. The molecule has 0 bridgehead atoms. The lowest BCUT2D eigenvalue weighted by molar-refractivity contribution is 0.0104. The van der Waals surface area contributed by atoms with Gasteiger partial charge in [0.15, 0.2) is 5.78 Å². The van der Waals surface area contributed by atoms with Gasteiger partial charge in [0.05, 0.1) is 6.10 Å². The number of carbonyl (C=O) groups is 1. The first kappa shape index (κ1) is 12.9. The summed E-state index contributed by atoms with van der Waals surface area (Å²) in [5, 5.41) is 0. The molecule has 3 rings (SSSR count). The Labute approximate surface area is 115 Å². The first-order valence-electron chi connectivity index (χ1n) is 7.59. The van der Waals surface area contributed by atoms with Crippen LogP contribution in [0, 0.1) is 0 Å². The van der Waals surface area contributed by atoms with Crippen LogP contribution in [0.3, 0.4) is 0 Å². The summed E-state index contributed by atoms with van der Waals surface area (Å²) < 4.78 is 5.69. The topological polar surface area (TPSA) is 26.3 Å². The molecule has 1 fully saturated rings. The lowest BCUT2D eigenvalue weighted by atomic mass is 9.98. The van der Waals surface area contributed by atoms with Gasteiger partial charge in [-0.2, -0.15) is 0 Å². The molecule has 0 saturated carbocycles. The lowest BCUT2D eigenvalue weighted by Gasteiger charge is -2.22. The van der Waals surface area contributed by atoms with Gasteiger partial charge < -0.3 is 4.74 Å². The van der Waals surface area contributed by atoms with Crippen LogP contribution in [0.1, 0.15) is 60.0 Å². The molecule has 2 nitrogen and oxygen atoms in total. The first-order chi connectivity index (χ1) is 9.33. The average molecular weight is 258 g/mol. The molecule has 0 aromatic heterocycles. The molecular formula is C17H22O2. The van der Waals surface area contributed by atoms with E-state index in [4.69, 9.17) is 4.74 Å². The van der Waals surface area contributed by atoms with Crippen molar-refractivity contribution >= 4 is 5.78 Å². The van der Waals surface area contributed by atoms with Gasteiger partial charge in [-0.15, -0.1) is 0 Å². The van der Waals surface area contributed by atoms with Gasteiger partial charge in [0.1, 0.15) is 0 Å². The van der Waals surface area contributed by atoms with Gasteiger partial charge in [-0.25, -0.2) is 0 Å². The summed E-state index contributed by atoms with van der Waals surface area (Å²) in [4.78, 5) is 12.2. The minimum absolute atomic E-state index is 0.281. The Kier molecular flexibility index (Phi) is 3.97. The molecule has 19 heavy (non-hydrogen) atoms. The molecular weight excluding hydrogens is 236 g/mol. The number of rotatable bonds is 4. The zero-order valence-corrected chi connectivity index (χ0v) is 11.5. The highest BCUT2D eigenvalue weighted by atomic mass is 16.5. The van der Waals surface area contributed by atoms with Crippen molar-refractivity contribution in [1.29, 1.82) is 0 Å². The Hall–Kier alpha value is -1.15. The van der Waals surface area contributed by atoms with Crippen LogP contribution in [0.15, 0.2) is 18.2 Å². The van der Waals surface area contributed by atoms with E-state index in [1.807, 2.05) is 6.07 Å². The SMILES string of the molecule is O=C(CCC1CCCCO1)c1ccc2c(c1)CCC2. The summed E-state index contributed by atoms with van der Waals surface area (Å²) in [7, 11) is 0. The molecule has 0 amide bonds. The van der Waals surface area contributed by atoms with Gasteiger partial charge in [0.2, 0.25) is 0 Å². The van der Waals surface area contributed by atoms with E-state index in [0.717, 1.165) is 31.4 Å². The van der Waals surface area contributed by atoms with Crippen LogP contribution in [-0.4, -0.2) is 18.5 Å². The molecule has 2 aliphatic rings. The fourth-order valence-corrected chi connectivity index (χ4v) is 3.22. The Bertz CT molecular complexity index is 458. The van der Waals surface area contributed by atoms with E-state index in [1.165, 1.54) is 36.8 Å². The van der Waals surface area contributed by atoms with Crippen molar-refractivity contribution in [3.05, 3.63) is 34.9 Å². The number of benzene rings is 1. The summed E-state index contributed by atoms with van der Waals surface area (Å²) in [5.74, 6) is 0.281. The maximum atomic E-state index is 12.2. The summed E-state index contributed by atoms with van der Waals surface area (Å²) in [5.41, 5.74) is 3.73. The molecule has 1 saturated heterocycles. The highest BCUT2D eigenvalue weighted by Gasteiger charge is 2.17. The van der Waals surface area contributed by atoms with E-state index in [-0.39, 0.29) is 5.78 Å². The molecule has 1 heterocycles. The molecule has 1 aromatic carbocycles. The van der Waals surface area contributed by atoms with Crippen molar-refractivity contribution in [3.63, 3.8) is 0 Å². The quantitative estimate of drug-likeness (QED) is 0.770. The Morgan fingerprint density at radius 1 is 1.16 bits per heavy atom. The Morgan fingerprint density at radius 3 is 2.89 bits per heavy atom. The number of ketones is 1. The van der Waals surface area contributed by atoms with Crippen LogP contribution < -0.4 is 0 Å². The highest BCUT2D eigenvalue weighted by Crippen LogP contribution is 2.24. The molecule has 102 valence electrons. The predicted octanol–water partition coefficient (Wildman–Crippen LogP) is 3.71. The number of ether oxygens (including phenoxy) is 1. The van der Waals surface area contributed by atoms with Crippen molar-refractivity contribution in [2.75, 3.05) is 6.61 Å². The molecule has 1 aliphatic heterocycles. The second-order valence-electron chi connectivity index (χ2n) is 5.79. The molecule has 1 atom stereocenters. The standard InChI is InChI=1S/C17H22O2/c18-17(10-9-16-6-1-2-11-19-16)15-8-7-13-4-3-5-14(13)12-15/h7-8,12,16H,1-6,9-11H2. The number of carbonyl (C=O) groups excluding carboxylic acids is 1. The monoisotopic (exact) mass is 258 g/mol. The van der Waals surface area contributed by atoms with E-state index in [2.05, 4.69) is 12.1 Å². The van der Waals surface area contributed by atoms with Gasteiger partial charge in [-0.05, 0) is 62.1 Å². The normalized spacial score (nSPS) is 22.2. The zero-order valence-electron chi connectivity index (χ0n) is 11.5. The first-order valence-corrected chi connectivity index (χ1v) is 7.59. The van der Waals surface area contributed by atoms with Crippen molar-refractivity contribution in [2.24, 2.45) is 0 Å². The second kappa shape index (κ2) is 5.87. The zero-order chi connectivity index (χ0) is 13.1. The third-order valence-electron chi connectivity index (χ3n) is 4.39. The lowest BCUT2D eigenvalue weighted by Crippen LogP contribution is -2.20. The number of aryl methyl sites for hydroxylation is 2. The minimum atomic E-state index is 0.281. The van der Waals surface area contributed by atoms with Crippen LogP contribution in [0.4, 0.5) is 0 Å². The smallest absolute Gasteiger partial charge is 0.162 e. The summed E-state index contributed by atoms with van der Waals surface area (Å²) >= 11 is 0. The molecule has 1 aliphatic carbocycles. The summed E-state index contributed by atoms with van der Waals surface area (Å²) in [6.45, 7) is 0.873. The molecule has 0 spiro atoms. The van der Waals surface area contributed by atoms with Crippen LogP contribution in [-0.2, 0) is 17.6 Å². The number of hydrogen-bond acceptors (Lipinski definition) is 2. The van der Waals surface area contributed by atoms with E-state index < -0.39 is 0 Å². The average Bonchev–Trinajstić information content (AvgIpc) is 2.93. The van der Waals surface area contributed by atoms with E-state index >= 15 is 0 Å². The van der Waals surface area contributed by atoms with Crippen molar-refractivity contribution in [1.82, 2.24) is 0 Å². The summed E-state index contributed by atoms with van der Waals surface area (Å²) in [6.07, 6.45) is 8.93. The van der Waals surface area contributed by atoms with Gasteiger partial charge in [-0.1, -0.05) is 12.1 Å². The third kappa shape index (κ3) is 3.06. The second-order valence-corrected chi connectivity index (χ2v) is 5.79. The van der Waals surface area contributed by atoms with Crippen LogP contribution >= 0.6 is 0 Å². The van der Waals surface area contributed by atoms with Gasteiger partial charge in [0, 0.05) is 18.6 Å². The molecule has 1 aromatic rings. The number of fused-ring (bicyclic) bond motifs is 1. The maximum Gasteiger partial charge on any atom is 0.162 e. The van der Waals surface area contributed by atoms with Gasteiger partial charge >= 0.3 is 0 Å². The van der Waals surface area contributed by atoms with Crippen molar-refractivity contribution in [2.45, 2.75) is 57.5 Å². The number of Topliss-reactive ketones (excluding diaryl/α,β-unsaturated/α-hetero) is 1. The molecule has 2 heteroatoms. The fraction of sp³-hybridized carbons (Fsp3) is 0.588. The van der Waals surface area contributed by atoms with E-state index in [0.29, 0.717) is 12.5 Å². The predicted molar refractivity (Wildman–Crippen MR) is 75.6 cm³/mol. The van der Waals surface area contributed by atoms with Gasteiger partial charge in [-0.3, -0.25) is 4.79 Å². The Morgan fingerprint density at radius 2 is 2.05 bits per heavy atom. The van der Waals surface area contributed by atoms with Crippen LogP contribution in [0.2, 0.25) is 0 Å². The Balaban J connectivity index is 1.57. The van der Waals surface area contributed by atoms with Crippen molar-refractivity contribution < 1.29 is 9.53 Å². The minimum Gasteiger partial charge on any atom is -0.378 e. The van der Waals surface area contributed by atoms with Crippen molar-refractivity contribution in [3.8, 4) is 0 Å². The van der Waals surface area contributed by atoms with Gasteiger partial charge in [0.25, 0.3) is 0 Å². The largest absolute Gasteiger partial charge is 0.378 e.